The Morgan fingerprint density at radius 1 is 1.38 bits per heavy atom. The maximum Gasteiger partial charge on any atom is 0.137 e. The third kappa shape index (κ3) is 2.48. The molecule has 2 nitrogen and oxygen atoms in total. The van der Waals surface area contributed by atoms with Gasteiger partial charge in [0.05, 0.1) is 11.7 Å². The van der Waals surface area contributed by atoms with Crippen LogP contribution in [-0.2, 0) is 0 Å². The number of nitriles is 1. The van der Waals surface area contributed by atoms with Crippen LogP contribution in [-0.4, -0.2) is 6.10 Å². The molecule has 0 aromatic heterocycles. The Labute approximate surface area is 78.8 Å². The van der Waals surface area contributed by atoms with Crippen molar-refractivity contribution in [3.05, 3.63) is 29.3 Å². The van der Waals surface area contributed by atoms with Crippen LogP contribution in [0, 0.1) is 18.3 Å². The van der Waals surface area contributed by atoms with Crippen molar-refractivity contribution in [1.29, 1.82) is 5.26 Å². The molecule has 0 amide bonds. The second kappa shape index (κ2) is 3.95. The molecule has 0 atom stereocenters. The number of ether oxygens (including phenoxy) is 1. The molecule has 0 N–H and O–H groups in total. The molecule has 13 heavy (non-hydrogen) atoms. The molecule has 0 aliphatic heterocycles. The number of aryl methyl sites for hydroxylation is 1. The number of nitrogens with zero attached hydrogens (tertiary/aromatic N) is 1. The third-order valence-electron chi connectivity index (χ3n) is 1.62. The molecule has 0 saturated carbocycles. The largest absolute Gasteiger partial charge is 0.490 e. The lowest BCUT2D eigenvalue weighted by Gasteiger charge is -2.11. The second-order valence-corrected chi connectivity index (χ2v) is 3.28. The van der Waals surface area contributed by atoms with Crippen molar-refractivity contribution in [3.8, 4) is 11.8 Å². The number of rotatable bonds is 2. The molecule has 0 spiro atoms. The van der Waals surface area contributed by atoms with Crippen LogP contribution in [0.15, 0.2) is 18.2 Å². The van der Waals surface area contributed by atoms with Crippen LogP contribution in [0.3, 0.4) is 0 Å². The lowest BCUT2D eigenvalue weighted by molar-refractivity contribution is 0.241. The zero-order valence-electron chi connectivity index (χ0n) is 8.16. The minimum Gasteiger partial charge on any atom is -0.490 e. The minimum absolute atomic E-state index is 0.105. The fourth-order valence-corrected chi connectivity index (χ4v) is 1.07. The lowest BCUT2D eigenvalue weighted by atomic mass is 10.1. The van der Waals surface area contributed by atoms with Gasteiger partial charge in [-0.25, -0.2) is 0 Å². The number of hydrogen-bond acceptors (Lipinski definition) is 2. The second-order valence-electron chi connectivity index (χ2n) is 3.28. The summed E-state index contributed by atoms with van der Waals surface area (Å²) in [5.41, 5.74) is 1.70. The first kappa shape index (κ1) is 9.60. The Balaban J connectivity index is 3.03. The van der Waals surface area contributed by atoms with E-state index in [9.17, 15) is 0 Å². The van der Waals surface area contributed by atoms with Crippen LogP contribution in [0.4, 0.5) is 0 Å². The molecule has 1 aromatic rings. The average molecular weight is 175 g/mol. The molecule has 2 heteroatoms. The summed E-state index contributed by atoms with van der Waals surface area (Å²) in [7, 11) is 0. The van der Waals surface area contributed by atoms with Gasteiger partial charge in [-0.3, -0.25) is 0 Å². The van der Waals surface area contributed by atoms with Gasteiger partial charge in [-0.2, -0.15) is 5.26 Å². The summed E-state index contributed by atoms with van der Waals surface area (Å²) < 4.78 is 5.49. The van der Waals surface area contributed by atoms with E-state index in [0.29, 0.717) is 11.3 Å². The highest BCUT2D eigenvalue weighted by atomic mass is 16.5. The first-order chi connectivity index (χ1) is 6.13. The molecule has 1 aromatic carbocycles. The summed E-state index contributed by atoms with van der Waals surface area (Å²) in [5, 5.41) is 8.79. The van der Waals surface area contributed by atoms with E-state index in [1.165, 1.54) is 0 Å². The smallest absolute Gasteiger partial charge is 0.137 e. The molecule has 68 valence electrons. The Bertz CT molecular complexity index is 336. The van der Waals surface area contributed by atoms with Crippen LogP contribution in [0.1, 0.15) is 25.0 Å². The number of hydrogen-bond donors (Lipinski definition) is 0. The molecular formula is C11H13NO. The van der Waals surface area contributed by atoms with Gasteiger partial charge in [-0.15, -0.1) is 0 Å². The first-order valence-electron chi connectivity index (χ1n) is 4.31. The van der Waals surface area contributed by atoms with Crippen molar-refractivity contribution < 1.29 is 4.74 Å². The lowest BCUT2D eigenvalue weighted by Crippen LogP contribution is -2.06. The van der Waals surface area contributed by atoms with E-state index < -0.39 is 0 Å². The van der Waals surface area contributed by atoms with Crippen molar-refractivity contribution in [1.82, 2.24) is 0 Å². The van der Waals surface area contributed by atoms with Crippen molar-refractivity contribution in [2.24, 2.45) is 0 Å². The summed E-state index contributed by atoms with van der Waals surface area (Å²) in [5.74, 6) is 0.678. The van der Waals surface area contributed by atoms with E-state index in [4.69, 9.17) is 10.00 Å². The Morgan fingerprint density at radius 2 is 2.08 bits per heavy atom. The maximum absolute atomic E-state index is 8.79. The van der Waals surface area contributed by atoms with Crippen molar-refractivity contribution in [2.75, 3.05) is 0 Å². The van der Waals surface area contributed by atoms with Crippen LogP contribution >= 0.6 is 0 Å². The zero-order chi connectivity index (χ0) is 9.84. The summed E-state index contributed by atoms with van der Waals surface area (Å²) in [6.45, 7) is 5.88. The van der Waals surface area contributed by atoms with Crippen LogP contribution in [0.25, 0.3) is 0 Å². The molecular weight excluding hydrogens is 162 g/mol. The van der Waals surface area contributed by atoms with Gasteiger partial charge in [-0.05, 0) is 38.5 Å². The van der Waals surface area contributed by atoms with E-state index in [2.05, 4.69) is 6.07 Å². The Morgan fingerprint density at radius 3 is 2.62 bits per heavy atom. The van der Waals surface area contributed by atoms with Crippen molar-refractivity contribution in [2.45, 2.75) is 26.9 Å². The number of benzene rings is 1. The van der Waals surface area contributed by atoms with Crippen LogP contribution in [0.5, 0.6) is 5.75 Å². The summed E-state index contributed by atoms with van der Waals surface area (Å²) in [6.07, 6.45) is 0.105. The van der Waals surface area contributed by atoms with E-state index in [-0.39, 0.29) is 6.10 Å². The first-order valence-corrected chi connectivity index (χ1v) is 4.31. The molecule has 0 saturated heterocycles. The molecule has 0 fully saturated rings. The van der Waals surface area contributed by atoms with Gasteiger partial charge in [0, 0.05) is 0 Å². The van der Waals surface area contributed by atoms with E-state index in [1.807, 2.05) is 32.9 Å². The molecule has 1 rings (SSSR count). The van der Waals surface area contributed by atoms with Gasteiger partial charge in [0.25, 0.3) is 0 Å². The minimum atomic E-state index is 0.105. The molecule has 0 unspecified atom stereocenters. The van der Waals surface area contributed by atoms with E-state index >= 15 is 0 Å². The predicted octanol–water partition coefficient (Wildman–Crippen LogP) is 2.65. The van der Waals surface area contributed by atoms with Gasteiger partial charge in [-0.1, -0.05) is 6.07 Å². The zero-order valence-corrected chi connectivity index (χ0v) is 8.16. The van der Waals surface area contributed by atoms with Gasteiger partial charge in [0.15, 0.2) is 0 Å². The van der Waals surface area contributed by atoms with Gasteiger partial charge in [0.1, 0.15) is 11.8 Å². The van der Waals surface area contributed by atoms with Crippen molar-refractivity contribution in [3.63, 3.8) is 0 Å². The SMILES string of the molecule is Cc1ccc(C#N)c(OC(C)C)c1. The van der Waals surface area contributed by atoms with Crippen LogP contribution in [0.2, 0.25) is 0 Å². The maximum atomic E-state index is 8.79. The highest BCUT2D eigenvalue weighted by Gasteiger charge is 2.04. The standard InChI is InChI=1S/C11H13NO/c1-8(2)13-11-6-9(3)4-5-10(11)7-12/h4-6,8H,1-3H3. The monoisotopic (exact) mass is 175 g/mol. The van der Waals surface area contributed by atoms with Gasteiger partial charge in [0.2, 0.25) is 0 Å². The molecule has 0 aliphatic carbocycles. The predicted molar refractivity (Wildman–Crippen MR) is 51.7 cm³/mol. The highest BCUT2D eigenvalue weighted by molar-refractivity contribution is 5.45. The normalized spacial score (nSPS) is 9.77. The van der Waals surface area contributed by atoms with Gasteiger partial charge >= 0.3 is 0 Å². The third-order valence-corrected chi connectivity index (χ3v) is 1.62. The quantitative estimate of drug-likeness (QED) is 0.692. The topological polar surface area (TPSA) is 33.0 Å². The fourth-order valence-electron chi connectivity index (χ4n) is 1.07. The molecule has 0 heterocycles. The molecule has 0 radical (unpaired) electrons. The highest BCUT2D eigenvalue weighted by Crippen LogP contribution is 2.20. The summed E-state index contributed by atoms with van der Waals surface area (Å²) in [4.78, 5) is 0. The Hall–Kier alpha value is -1.49. The van der Waals surface area contributed by atoms with E-state index in [1.54, 1.807) is 6.07 Å². The molecule has 0 bridgehead atoms. The Kier molecular flexibility index (Phi) is 2.92. The van der Waals surface area contributed by atoms with E-state index in [0.717, 1.165) is 5.56 Å². The average Bonchev–Trinajstić information content (AvgIpc) is 2.03. The summed E-state index contributed by atoms with van der Waals surface area (Å²) >= 11 is 0. The summed E-state index contributed by atoms with van der Waals surface area (Å²) in [6, 6.07) is 7.68. The van der Waals surface area contributed by atoms with Crippen molar-refractivity contribution >= 4 is 0 Å². The molecule has 0 aliphatic rings. The van der Waals surface area contributed by atoms with Crippen LogP contribution < -0.4 is 4.74 Å². The fraction of sp³-hybridized carbons (Fsp3) is 0.364. The van der Waals surface area contributed by atoms with Gasteiger partial charge < -0.3 is 4.74 Å².